The topological polar surface area (TPSA) is 79.5 Å². The first-order valence-corrected chi connectivity index (χ1v) is 8.05. The maximum atomic E-state index is 12.3. The Hall–Kier alpha value is -2.73. The zero-order valence-electron chi connectivity index (χ0n) is 14.2. The second-order valence-corrected chi connectivity index (χ2v) is 5.77. The second kappa shape index (κ2) is 8.39. The summed E-state index contributed by atoms with van der Waals surface area (Å²) in [6.07, 6.45) is 0. The molecule has 2 aromatic carbocycles. The highest BCUT2D eigenvalue weighted by Crippen LogP contribution is 2.27. The molecule has 0 saturated heterocycles. The zero-order chi connectivity index (χ0) is 18.4. The number of hydrogen-bond donors (Lipinski definition) is 3. The Morgan fingerprint density at radius 1 is 1.12 bits per heavy atom. The minimum atomic E-state index is -0.513. The quantitative estimate of drug-likeness (QED) is 0.738. The van der Waals surface area contributed by atoms with E-state index in [1.165, 1.54) is 7.11 Å². The molecule has 0 heterocycles. The Morgan fingerprint density at radius 3 is 2.52 bits per heavy atom. The van der Waals surface area contributed by atoms with E-state index in [1.54, 1.807) is 56.4 Å². The zero-order valence-corrected chi connectivity index (χ0v) is 15.0. The van der Waals surface area contributed by atoms with Gasteiger partial charge in [-0.15, -0.1) is 0 Å². The van der Waals surface area contributed by atoms with Gasteiger partial charge in [0, 0.05) is 24.0 Å². The monoisotopic (exact) mass is 361 g/mol. The maximum Gasteiger partial charge on any atom is 0.251 e. The highest BCUT2D eigenvalue weighted by Gasteiger charge is 2.14. The lowest BCUT2D eigenvalue weighted by molar-refractivity contribution is -0.116. The first kappa shape index (κ1) is 18.6. The number of benzene rings is 2. The molecule has 3 N–H and O–H groups in total. The van der Waals surface area contributed by atoms with Gasteiger partial charge in [0.1, 0.15) is 11.8 Å². The van der Waals surface area contributed by atoms with Gasteiger partial charge in [0.2, 0.25) is 5.91 Å². The number of nitrogens with one attached hydrogen (secondary N) is 3. The predicted octanol–water partition coefficient (Wildman–Crippen LogP) is 3.15. The van der Waals surface area contributed by atoms with Gasteiger partial charge < -0.3 is 20.7 Å². The van der Waals surface area contributed by atoms with Gasteiger partial charge >= 0.3 is 0 Å². The summed E-state index contributed by atoms with van der Waals surface area (Å²) in [6, 6.07) is 11.4. The average Bonchev–Trinajstić information content (AvgIpc) is 2.61. The number of hydrogen-bond acceptors (Lipinski definition) is 4. The molecular formula is C18H20ClN3O3. The van der Waals surface area contributed by atoms with Crippen LogP contribution < -0.4 is 20.7 Å². The minimum Gasteiger partial charge on any atom is -0.495 e. The molecule has 132 valence electrons. The molecule has 6 nitrogen and oxygen atoms in total. The lowest BCUT2D eigenvalue weighted by Gasteiger charge is -2.16. The Kier molecular flexibility index (Phi) is 6.25. The molecule has 2 amide bonds. The molecule has 0 aromatic heterocycles. The van der Waals surface area contributed by atoms with Crippen molar-refractivity contribution in [1.82, 2.24) is 5.32 Å². The third-order valence-corrected chi connectivity index (χ3v) is 3.84. The van der Waals surface area contributed by atoms with Gasteiger partial charge in [0.05, 0.1) is 12.1 Å². The molecule has 0 saturated carbocycles. The molecular weight excluding hydrogens is 342 g/mol. The van der Waals surface area contributed by atoms with Crippen LogP contribution in [0.2, 0.25) is 5.02 Å². The van der Waals surface area contributed by atoms with Crippen LogP contribution >= 0.6 is 11.6 Å². The number of anilines is 2. The SMILES string of the molecule is CNC(=O)c1cccc(NC(C)C(=O)Nc2ccc(OC)c(Cl)c2)c1. The van der Waals surface area contributed by atoms with Gasteiger partial charge in [0.15, 0.2) is 0 Å². The van der Waals surface area contributed by atoms with Crippen LogP contribution in [0.15, 0.2) is 42.5 Å². The Balaban J connectivity index is 2.03. The summed E-state index contributed by atoms with van der Waals surface area (Å²) in [7, 11) is 3.09. The van der Waals surface area contributed by atoms with Crippen LogP contribution in [0.5, 0.6) is 5.75 Å². The third-order valence-electron chi connectivity index (χ3n) is 3.55. The van der Waals surface area contributed by atoms with Crippen molar-refractivity contribution in [1.29, 1.82) is 0 Å². The number of rotatable bonds is 6. The van der Waals surface area contributed by atoms with Crippen molar-refractivity contribution in [2.24, 2.45) is 0 Å². The maximum absolute atomic E-state index is 12.3. The van der Waals surface area contributed by atoms with Crippen LogP contribution in [0, 0.1) is 0 Å². The number of ether oxygens (including phenoxy) is 1. The molecule has 0 fully saturated rings. The van der Waals surface area contributed by atoms with Crippen molar-refractivity contribution in [2.75, 3.05) is 24.8 Å². The predicted molar refractivity (Wildman–Crippen MR) is 99.6 cm³/mol. The molecule has 2 aromatic rings. The van der Waals surface area contributed by atoms with Gasteiger partial charge in [-0.3, -0.25) is 9.59 Å². The number of amides is 2. The van der Waals surface area contributed by atoms with Gasteiger partial charge in [0.25, 0.3) is 5.91 Å². The van der Waals surface area contributed by atoms with E-state index in [4.69, 9.17) is 16.3 Å². The van der Waals surface area contributed by atoms with Crippen LogP contribution in [-0.2, 0) is 4.79 Å². The number of halogens is 1. The van der Waals surface area contributed by atoms with Crippen molar-refractivity contribution < 1.29 is 14.3 Å². The van der Waals surface area contributed by atoms with Crippen LogP contribution in [0.4, 0.5) is 11.4 Å². The Morgan fingerprint density at radius 2 is 1.88 bits per heavy atom. The summed E-state index contributed by atoms with van der Waals surface area (Å²) in [5.74, 6) is 0.122. The van der Waals surface area contributed by atoms with E-state index in [0.717, 1.165) is 0 Å². The van der Waals surface area contributed by atoms with E-state index >= 15 is 0 Å². The van der Waals surface area contributed by atoms with Crippen LogP contribution in [0.3, 0.4) is 0 Å². The standard InChI is InChI=1S/C18H20ClN3O3/c1-11(21-13-6-4-5-12(9-13)18(24)20-2)17(23)22-14-7-8-16(25-3)15(19)10-14/h4-11,21H,1-3H3,(H,20,24)(H,22,23). The fourth-order valence-electron chi connectivity index (χ4n) is 2.20. The number of methoxy groups -OCH3 is 1. The summed E-state index contributed by atoms with van der Waals surface area (Å²) in [6.45, 7) is 1.73. The van der Waals surface area contributed by atoms with E-state index in [2.05, 4.69) is 16.0 Å². The fourth-order valence-corrected chi connectivity index (χ4v) is 2.46. The third kappa shape index (κ3) is 4.87. The van der Waals surface area contributed by atoms with E-state index in [0.29, 0.717) is 27.7 Å². The summed E-state index contributed by atoms with van der Waals surface area (Å²) in [4.78, 5) is 24.0. The normalized spacial score (nSPS) is 11.4. The van der Waals surface area contributed by atoms with Crippen molar-refractivity contribution in [3.8, 4) is 5.75 Å². The van der Waals surface area contributed by atoms with Crippen molar-refractivity contribution in [3.05, 3.63) is 53.1 Å². The summed E-state index contributed by atoms with van der Waals surface area (Å²) < 4.78 is 5.08. The largest absolute Gasteiger partial charge is 0.495 e. The number of carbonyl (C=O) groups excluding carboxylic acids is 2. The summed E-state index contributed by atoms with van der Waals surface area (Å²) >= 11 is 6.05. The van der Waals surface area contributed by atoms with Crippen molar-refractivity contribution in [2.45, 2.75) is 13.0 Å². The van der Waals surface area contributed by atoms with Crippen LogP contribution in [0.1, 0.15) is 17.3 Å². The molecule has 1 unspecified atom stereocenters. The molecule has 0 aliphatic rings. The second-order valence-electron chi connectivity index (χ2n) is 5.36. The first-order valence-electron chi connectivity index (χ1n) is 7.67. The molecule has 0 radical (unpaired) electrons. The van der Waals surface area contributed by atoms with Crippen molar-refractivity contribution >= 4 is 34.8 Å². The molecule has 7 heteroatoms. The summed E-state index contributed by atoms with van der Waals surface area (Å²) in [5.41, 5.74) is 1.77. The van der Waals surface area contributed by atoms with Crippen LogP contribution in [-0.4, -0.2) is 32.0 Å². The smallest absolute Gasteiger partial charge is 0.251 e. The highest BCUT2D eigenvalue weighted by atomic mass is 35.5. The minimum absolute atomic E-state index is 0.186. The van der Waals surface area contributed by atoms with Gasteiger partial charge in [-0.1, -0.05) is 17.7 Å². The average molecular weight is 362 g/mol. The van der Waals surface area contributed by atoms with Gasteiger partial charge in [-0.05, 0) is 43.3 Å². The van der Waals surface area contributed by atoms with Crippen LogP contribution in [0.25, 0.3) is 0 Å². The van der Waals surface area contributed by atoms with E-state index in [1.807, 2.05) is 0 Å². The highest BCUT2D eigenvalue weighted by molar-refractivity contribution is 6.32. The molecule has 0 bridgehead atoms. The van der Waals surface area contributed by atoms with E-state index in [-0.39, 0.29) is 11.8 Å². The lowest BCUT2D eigenvalue weighted by Crippen LogP contribution is -2.32. The molecule has 0 aliphatic heterocycles. The number of carbonyl (C=O) groups is 2. The van der Waals surface area contributed by atoms with E-state index in [9.17, 15) is 9.59 Å². The Labute approximate surface area is 151 Å². The Bertz CT molecular complexity index is 780. The first-order chi connectivity index (χ1) is 11.9. The van der Waals surface area contributed by atoms with E-state index < -0.39 is 6.04 Å². The molecule has 25 heavy (non-hydrogen) atoms. The molecule has 0 spiro atoms. The van der Waals surface area contributed by atoms with Gasteiger partial charge in [-0.2, -0.15) is 0 Å². The fraction of sp³-hybridized carbons (Fsp3) is 0.222. The molecule has 1 atom stereocenters. The summed E-state index contributed by atoms with van der Waals surface area (Å²) in [5, 5.41) is 8.83. The molecule has 2 rings (SSSR count). The van der Waals surface area contributed by atoms with Crippen molar-refractivity contribution in [3.63, 3.8) is 0 Å². The molecule has 0 aliphatic carbocycles. The lowest BCUT2D eigenvalue weighted by atomic mass is 10.1. The van der Waals surface area contributed by atoms with Gasteiger partial charge in [-0.25, -0.2) is 0 Å².